The molecule has 26 heavy (non-hydrogen) atoms. The monoisotopic (exact) mass is 349 g/mol. The number of hydrogen-bond donors (Lipinski definition) is 2. The summed E-state index contributed by atoms with van der Waals surface area (Å²) in [4.78, 5) is 0. The van der Waals surface area contributed by atoms with E-state index < -0.39 is 5.60 Å². The number of nitrogens with zero attached hydrogens (tertiary/aromatic N) is 4. The van der Waals surface area contributed by atoms with E-state index in [0.717, 1.165) is 36.2 Å². The van der Waals surface area contributed by atoms with Crippen LogP contribution < -0.4 is 5.32 Å². The smallest absolute Gasteiger partial charge is 0.176 e. The van der Waals surface area contributed by atoms with Crippen molar-refractivity contribution in [2.75, 3.05) is 11.9 Å². The van der Waals surface area contributed by atoms with Crippen molar-refractivity contribution >= 4 is 5.82 Å². The van der Waals surface area contributed by atoms with E-state index >= 15 is 0 Å². The van der Waals surface area contributed by atoms with Crippen molar-refractivity contribution in [3.63, 3.8) is 0 Å². The lowest BCUT2D eigenvalue weighted by atomic mass is 9.79. The molecule has 0 bridgehead atoms. The van der Waals surface area contributed by atoms with Gasteiger partial charge in [-0.25, -0.2) is 4.68 Å². The molecule has 0 radical (unpaired) electrons. The van der Waals surface area contributed by atoms with Gasteiger partial charge in [0.1, 0.15) is 11.4 Å². The zero-order valence-corrected chi connectivity index (χ0v) is 15.1. The van der Waals surface area contributed by atoms with Gasteiger partial charge in [0, 0.05) is 12.2 Å². The summed E-state index contributed by atoms with van der Waals surface area (Å²) in [5.41, 5.74) is 3.35. The number of anilines is 1. The molecule has 2 heterocycles. The van der Waals surface area contributed by atoms with Crippen LogP contribution in [0.1, 0.15) is 35.4 Å². The Labute approximate surface area is 152 Å². The van der Waals surface area contributed by atoms with Gasteiger partial charge in [0.25, 0.3) is 0 Å². The van der Waals surface area contributed by atoms with Gasteiger partial charge in [0.05, 0.1) is 5.69 Å². The Balaban J connectivity index is 1.50. The van der Waals surface area contributed by atoms with Crippen molar-refractivity contribution in [2.24, 2.45) is 0 Å². The SMILES string of the molecule is Cc1cc(C)n(-c2ccc(NC[C@]3(O)CCCc4ccccc43)nn2)n1. The van der Waals surface area contributed by atoms with Gasteiger partial charge in [-0.3, -0.25) is 0 Å². The number of nitrogens with one attached hydrogen (secondary N) is 1. The van der Waals surface area contributed by atoms with Gasteiger partial charge in [-0.1, -0.05) is 24.3 Å². The Hall–Kier alpha value is -2.73. The van der Waals surface area contributed by atoms with Crippen LogP contribution in [-0.2, 0) is 12.0 Å². The fourth-order valence-electron chi connectivity index (χ4n) is 3.71. The fourth-order valence-corrected chi connectivity index (χ4v) is 3.71. The van der Waals surface area contributed by atoms with E-state index in [9.17, 15) is 5.11 Å². The number of benzene rings is 1. The molecule has 6 heteroatoms. The van der Waals surface area contributed by atoms with Crippen LogP contribution in [0, 0.1) is 13.8 Å². The topological polar surface area (TPSA) is 75.9 Å². The minimum Gasteiger partial charge on any atom is -0.383 e. The predicted molar refractivity (Wildman–Crippen MR) is 100 cm³/mol. The molecule has 4 rings (SSSR count). The van der Waals surface area contributed by atoms with Crippen LogP contribution in [0.15, 0.2) is 42.5 Å². The number of rotatable bonds is 4. The Morgan fingerprint density at radius 1 is 1.15 bits per heavy atom. The van der Waals surface area contributed by atoms with Crippen molar-refractivity contribution in [2.45, 2.75) is 38.7 Å². The van der Waals surface area contributed by atoms with Gasteiger partial charge >= 0.3 is 0 Å². The van der Waals surface area contributed by atoms with E-state index in [4.69, 9.17) is 0 Å². The standard InChI is InChI=1S/C20H23N5O/c1-14-12-15(2)25(24-14)19-10-9-18(22-23-19)21-13-20(26)11-5-7-16-6-3-4-8-17(16)20/h3-4,6,8-10,12,26H,5,7,11,13H2,1-2H3,(H,21,22)/t20-/m1/s1. The van der Waals surface area contributed by atoms with Gasteiger partial charge in [-0.2, -0.15) is 5.10 Å². The van der Waals surface area contributed by atoms with Gasteiger partial charge in [0.15, 0.2) is 5.82 Å². The molecule has 0 unspecified atom stereocenters. The zero-order valence-electron chi connectivity index (χ0n) is 15.1. The first-order valence-corrected chi connectivity index (χ1v) is 8.97. The molecule has 0 fully saturated rings. The molecule has 0 aliphatic heterocycles. The molecule has 0 spiro atoms. The number of aryl methyl sites for hydroxylation is 3. The molecule has 2 N–H and O–H groups in total. The van der Waals surface area contributed by atoms with Gasteiger partial charge in [-0.05, 0) is 62.4 Å². The molecule has 1 aliphatic carbocycles. The second-order valence-electron chi connectivity index (χ2n) is 7.01. The Morgan fingerprint density at radius 3 is 2.73 bits per heavy atom. The predicted octanol–water partition coefficient (Wildman–Crippen LogP) is 2.92. The normalized spacial score (nSPS) is 19.2. The van der Waals surface area contributed by atoms with Crippen LogP contribution in [-0.4, -0.2) is 31.6 Å². The second-order valence-corrected chi connectivity index (χ2v) is 7.01. The third-order valence-corrected chi connectivity index (χ3v) is 4.99. The maximum atomic E-state index is 11.1. The van der Waals surface area contributed by atoms with Crippen LogP contribution in [0.4, 0.5) is 5.82 Å². The van der Waals surface area contributed by atoms with Crippen LogP contribution in [0.25, 0.3) is 5.82 Å². The quantitative estimate of drug-likeness (QED) is 0.757. The molecule has 0 saturated carbocycles. The Bertz CT molecular complexity index is 918. The molecule has 0 amide bonds. The third-order valence-electron chi connectivity index (χ3n) is 4.99. The van der Waals surface area contributed by atoms with E-state index in [2.05, 4.69) is 26.7 Å². The van der Waals surface area contributed by atoms with Gasteiger partial charge in [-0.15, -0.1) is 10.2 Å². The lowest BCUT2D eigenvalue weighted by Gasteiger charge is -2.34. The van der Waals surface area contributed by atoms with E-state index in [-0.39, 0.29) is 0 Å². The minimum absolute atomic E-state index is 0.415. The first kappa shape index (κ1) is 16.7. The minimum atomic E-state index is -0.870. The molecule has 134 valence electrons. The molecular formula is C20H23N5O. The third kappa shape index (κ3) is 3.08. The molecule has 3 aromatic rings. The molecular weight excluding hydrogens is 326 g/mol. The Morgan fingerprint density at radius 2 is 2.00 bits per heavy atom. The summed E-state index contributed by atoms with van der Waals surface area (Å²) in [6.45, 7) is 4.36. The van der Waals surface area contributed by atoms with E-state index in [1.54, 1.807) is 4.68 Å². The highest BCUT2D eigenvalue weighted by atomic mass is 16.3. The summed E-state index contributed by atoms with van der Waals surface area (Å²) in [6.07, 6.45) is 2.75. The van der Waals surface area contributed by atoms with Crippen molar-refractivity contribution in [1.82, 2.24) is 20.0 Å². The highest BCUT2D eigenvalue weighted by molar-refractivity contribution is 5.40. The summed E-state index contributed by atoms with van der Waals surface area (Å²) < 4.78 is 1.77. The van der Waals surface area contributed by atoms with Gasteiger partial charge < -0.3 is 10.4 Å². The second kappa shape index (κ2) is 6.53. The zero-order chi connectivity index (χ0) is 18.1. The largest absolute Gasteiger partial charge is 0.383 e. The van der Waals surface area contributed by atoms with Crippen LogP contribution >= 0.6 is 0 Å². The summed E-state index contributed by atoms with van der Waals surface area (Å²) in [5, 5.41) is 27.3. The summed E-state index contributed by atoms with van der Waals surface area (Å²) in [6, 6.07) is 13.9. The first-order chi connectivity index (χ1) is 12.5. The highest BCUT2D eigenvalue weighted by Gasteiger charge is 2.33. The summed E-state index contributed by atoms with van der Waals surface area (Å²) >= 11 is 0. The van der Waals surface area contributed by atoms with Gasteiger partial charge in [0.2, 0.25) is 0 Å². The number of hydrogen-bond acceptors (Lipinski definition) is 5. The average Bonchev–Trinajstić information content (AvgIpc) is 2.99. The summed E-state index contributed by atoms with van der Waals surface area (Å²) in [5.74, 6) is 1.33. The van der Waals surface area contributed by atoms with Crippen molar-refractivity contribution in [1.29, 1.82) is 0 Å². The first-order valence-electron chi connectivity index (χ1n) is 8.97. The molecule has 1 aliphatic rings. The maximum Gasteiger partial charge on any atom is 0.176 e. The number of fused-ring (bicyclic) bond motifs is 1. The lowest BCUT2D eigenvalue weighted by molar-refractivity contribution is 0.0322. The molecule has 1 atom stereocenters. The van der Waals surface area contributed by atoms with Crippen LogP contribution in [0.2, 0.25) is 0 Å². The maximum absolute atomic E-state index is 11.1. The fraction of sp³-hybridized carbons (Fsp3) is 0.350. The molecule has 6 nitrogen and oxygen atoms in total. The Kier molecular flexibility index (Phi) is 4.20. The van der Waals surface area contributed by atoms with E-state index in [0.29, 0.717) is 18.2 Å². The highest BCUT2D eigenvalue weighted by Crippen LogP contribution is 2.35. The molecule has 2 aromatic heterocycles. The van der Waals surface area contributed by atoms with E-state index in [1.165, 1.54) is 5.56 Å². The van der Waals surface area contributed by atoms with Crippen molar-refractivity contribution in [3.8, 4) is 5.82 Å². The van der Waals surface area contributed by atoms with Crippen molar-refractivity contribution < 1.29 is 5.11 Å². The summed E-state index contributed by atoms with van der Waals surface area (Å²) in [7, 11) is 0. The average molecular weight is 349 g/mol. The molecule has 1 aromatic carbocycles. The number of aliphatic hydroxyl groups is 1. The van der Waals surface area contributed by atoms with Crippen molar-refractivity contribution in [3.05, 3.63) is 65.0 Å². The molecule has 0 saturated heterocycles. The van der Waals surface area contributed by atoms with E-state index in [1.807, 2.05) is 50.2 Å². The number of aromatic nitrogens is 4. The lowest BCUT2D eigenvalue weighted by Crippen LogP contribution is -2.37. The van der Waals surface area contributed by atoms with Crippen LogP contribution in [0.3, 0.4) is 0 Å². The van der Waals surface area contributed by atoms with Crippen LogP contribution in [0.5, 0.6) is 0 Å².